The van der Waals surface area contributed by atoms with Crippen LogP contribution in [0, 0.1) is 6.92 Å². The molecule has 2 aromatic carbocycles. The molecule has 2 N–H and O–H groups in total. The Morgan fingerprint density at radius 3 is 2.85 bits per heavy atom. The van der Waals surface area contributed by atoms with Gasteiger partial charge in [-0.1, -0.05) is 31.2 Å². The molecule has 4 aromatic rings. The Morgan fingerprint density at radius 1 is 1.15 bits per heavy atom. The van der Waals surface area contributed by atoms with E-state index in [-0.39, 0.29) is 0 Å². The fraction of sp³-hybridized carbons (Fsp3) is 0.150. The predicted molar refractivity (Wildman–Crippen MR) is 105 cm³/mol. The van der Waals surface area contributed by atoms with Gasteiger partial charge in [-0.2, -0.15) is 9.66 Å². The molecule has 27 heavy (non-hydrogen) atoms. The van der Waals surface area contributed by atoms with Gasteiger partial charge in [-0.05, 0) is 43.2 Å². The minimum atomic E-state index is -0.501. The summed E-state index contributed by atoms with van der Waals surface area (Å²) in [7, 11) is 0. The van der Waals surface area contributed by atoms with E-state index in [4.69, 9.17) is 4.42 Å². The van der Waals surface area contributed by atoms with Gasteiger partial charge in [0.2, 0.25) is 5.95 Å². The molecule has 0 saturated heterocycles. The lowest BCUT2D eigenvalue weighted by Gasteiger charge is -2.11. The molecule has 0 aliphatic rings. The SMILES string of the molecule is CCc1cccc(Nc2ncc(C)c(Nn3c(=O)oc4ccccc43)n2)c1. The van der Waals surface area contributed by atoms with Gasteiger partial charge in [0.15, 0.2) is 11.4 Å². The van der Waals surface area contributed by atoms with E-state index < -0.39 is 5.76 Å². The number of nitrogens with one attached hydrogen (secondary N) is 2. The minimum absolute atomic E-state index is 0.442. The molecule has 0 atom stereocenters. The highest BCUT2D eigenvalue weighted by atomic mass is 16.4. The van der Waals surface area contributed by atoms with E-state index in [1.54, 1.807) is 18.3 Å². The molecular weight excluding hydrogens is 342 g/mol. The van der Waals surface area contributed by atoms with Crippen LogP contribution in [0.3, 0.4) is 0 Å². The summed E-state index contributed by atoms with van der Waals surface area (Å²) in [5.41, 5.74) is 7.13. The third-order valence-corrected chi connectivity index (χ3v) is 4.27. The molecule has 0 saturated carbocycles. The summed E-state index contributed by atoms with van der Waals surface area (Å²) in [5, 5.41) is 3.20. The molecule has 136 valence electrons. The molecule has 0 bridgehead atoms. The molecule has 0 fully saturated rings. The largest absolute Gasteiger partial charge is 0.439 e. The number of para-hydroxylation sites is 2. The Bertz CT molecular complexity index is 1160. The van der Waals surface area contributed by atoms with Crippen LogP contribution in [0.1, 0.15) is 18.1 Å². The minimum Gasteiger partial charge on any atom is -0.406 e. The molecule has 0 radical (unpaired) electrons. The lowest BCUT2D eigenvalue weighted by Crippen LogP contribution is -2.23. The molecule has 0 aliphatic carbocycles. The van der Waals surface area contributed by atoms with Crippen molar-refractivity contribution in [1.82, 2.24) is 14.6 Å². The van der Waals surface area contributed by atoms with Crippen molar-refractivity contribution >= 4 is 28.6 Å². The summed E-state index contributed by atoms with van der Waals surface area (Å²) in [6.07, 6.45) is 2.65. The number of aromatic nitrogens is 3. The maximum Gasteiger partial charge on any atom is 0.439 e. The molecule has 2 heterocycles. The smallest absolute Gasteiger partial charge is 0.406 e. The van der Waals surface area contributed by atoms with Gasteiger partial charge in [-0.3, -0.25) is 5.43 Å². The first kappa shape index (κ1) is 16.8. The lowest BCUT2D eigenvalue weighted by molar-refractivity contribution is 0.532. The first-order chi connectivity index (χ1) is 13.1. The molecule has 4 rings (SSSR count). The highest BCUT2D eigenvalue weighted by Crippen LogP contribution is 2.19. The third-order valence-electron chi connectivity index (χ3n) is 4.27. The highest BCUT2D eigenvalue weighted by Gasteiger charge is 2.11. The van der Waals surface area contributed by atoms with Crippen molar-refractivity contribution in [3.8, 4) is 0 Å². The van der Waals surface area contributed by atoms with Gasteiger partial charge in [0, 0.05) is 17.4 Å². The van der Waals surface area contributed by atoms with Crippen LogP contribution in [-0.2, 0) is 6.42 Å². The number of aryl methyl sites for hydroxylation is 2. The van der Waals surface area contributed by atoms with E-state index in [2.05, 4.69) is 39.8 Å². The van der Waals surface area contributed by atoms with Crippen LogP contribution in [-0.4, -0.2) is 14.6 Å². The molecule has 2 aromatic heterocycles. The first-order valence-corrected chi connectivity index (χ1v) is 8.71. The zero-order valence-electron chi connectivity index (χ0n) is 15.1. The van der Waals surface area contributed by atoms with Crippen molar-refractivity contribution in [3.63, 3.8) is 0 Å². The van der Waals surface area contributed by atoms with Gasteiger partial charge < -0.3 is 9.73 Å². The van der Waals surface area contributed by atoms with Gasteiger partial charge >= 0.3 is 5.76 Å². The van der Waals surface area contributed by atoms with E-state index >= 15 is 0 Å². The van der Waals surface area contributed by atoms with E-state index in [1.807, 2.05) is 31.2 Å². The summed E-state index contributed by atoms with van der Waals surface area (Å²) in [6.45, 7) is 3.98. The summed E-state index contributed by atoms with van der Waals surface area (Å²) in [6, 6.07) is 15.3. The fourth-order valence-corrected chi connectivity index (χ4v) is 2.79. The number of anilines is 3. The fourth-order valence-electron chi connectivity index (χ4n) is 2.79. The van der Waals surface area contributed by atoms with Crippen molar-refractivity contribution in [2.24, 2.45) is 0 Å². The quantitative estimate of drug-likeness (QED) is 0.561. The normalized spacial score (nSPS) is 10.9. The Balaban J connectivity index is 1.66. The molecule has 0 spiro atoms. The number of fused-ring (bicyclic) bond motifs is 1. The van der Waals surface area contributed by atoms with Crippen molar-refractivity contribution in [3.05, 3.63) is 76.4 Å². The third kappa shape index (κ3) is 3.39. The summed E-state index contributed by atoms with van der Waals surface area (Å²) in [5.74, 6) is 0.462. The van der Waals surface area contributed by atoms with Gasteiger partial charge in [-0.25, -0.2) is 9.78 Å². The maximum atomic E-state index is 12.2. The summed E-state index contributed by atoms with van der Waals surface area (Å²) >= 11 is 0. The second kappa shape index (κ2) is 6.95. The van der Waals surface area contributed by atoms with Crippen LogP contribution in [0.2, 0.25) is 0 Å². The number of nitrogens with zero attached hydrogens (tertiary/aromatic N) is 3. The van der Waals surface area contributed by atoms with E-state index in [9.17, 15) is 4.79 Å². The second-order valence-corrected chi connectivity index (χ2v) is 6.19. The number of rotatable bonds is 5. The van der Waals surface area contributed by atoms with E-state index in [1.165, 1.54) is 10.2 Å². The first-order valence-electron chi connectivity index (χ1n) is 8.71. The molecule has 0 unspecified atom stereocenters. The number of benzene rings is 2. The van der Waals surface area contributed by atoms with E-state index in [0.29, 0.717) is 22.9 Å². The second-order valence-electron chi connectivity index (χ2n) is 6.19. The standard InChI is InChI=1S/C20H19N5O2/c1-3-14-7-6-8-15(11-14)22-19-21-12-13(2)18(23-19)24-25-16-9-4-5-10-17(16)27-20(25)26/h4-12H,3H2,1-2H3,(H2,21,22,23,24). The maximum absolute atomic E-state index is 12.2. The Morgan fingerprint density at radius 2 is 2.00 bits per heavy atom. The number of hydrogen-bond donors (Lipinski definition) is 2. The Labute approximate surface area is 155 Å². The summed E-state index contributed by atoms with van der Waals surface area (Å²) < 4.78 is 6.59. The average molecular weight is 361 g/mol. The van der Waals surface area contributed by atoms with E-state index in [0.717, 1.165) is 17.7 Å². The van der Waals surface area contributed by atoms with Crippen LogP contribution in [0.4, 0.5) is 17.5 Å². The van der Waals surface area contributed by atoms with Crippen molar-refractivity contribution in [2.75, 3.05) is 10.7 Å². The lowest BCUT2D eigenvalue weighted by atomic mass is 10.1. The molecule has 7 heteroatoms. The molecular formula is C20H19N5O2. The Hall–Kier alpha value is -3.61. The molecule has 0 aliphatic heterocycles. The topological polar surface area (TPSA) is 85.0 Å². The monoisotopic (exact) mass is 361 g/mol. The predicted octanol–water partition coefficient (Wildman–Crippen LogP) is 3.87. The van der Waals surface area contributed by atoms with Crippen LogP contribution < -0.4 is 16.5 Å². The van der Waals surface area contributed by atoms with Gasteiger partial charge in [0.05, 0.1) is 0 Å². The number of hydrogen-bond acceptors (Lipinski definition) is 6. The van der Waals surface area contributed by atoms with Crippen molar-refractivity contribution < 1.29 is 4.42 Å². The van der Waals surface area contributed by atoms with Gasteiger partial charge in [-0.15, -0.1) is 0 Å². The zero-order valence-corrected chi connectivity index (χ0v) is 15.1. The molecule has 7 nitrogen and oxygen atoms in total. The summed E-state index contributed by atoms with van der Waals surface area (Å²) in [4.78, 5) is 21.0. The van der Waals surface area contributed by atoms with Gasteiger partial charge in [0.1, 0.15) is 5.52 Å². The Kier molecular flexibility index (Phi) is 4.33. The van der Waals surface area contributed by atoms with Crippen LogP contribution >= 0.6 is 0 Å². The number of oxazole rings is 1. The van der Waals surface area contributed by atoms with Crippen LogP contribution in [0.5, 0.6) is 0 Å². The highest BCUT2D eigenvalue weighted by molar-refractivity contribution is 5.73. The zero-order chi connectivity index (χ0) is 18.8. The van der Waals surface area contributed by atoms with Crippen molar-refractivity contribution in [2.45, 2.75) is 20.3 Å². The average Bonchev–Trinajstić information content (AvgIpc) is 3.00. The van der Waals surface area contributed by atoms with Gasteiger partial charge in [0.25, 0.3) is 0 Å². The van der Waals surface area contributed by atoms with Crippen LogP contribution in [0.25, 0.3) is 11.1 Å². The van der Waals surface area contributed by atoms with Crippen LogP contribution in [0.15, 0.2) is 63.9 Å². The van der Waals surface area contributed by atoms with Crippen molar-refractivity contribution in [1.29, 1.82) is 0 Å². The molecule has 0 amide bonds.